The van der Waals surface area contributed by atoms with Gasteiger partial charge in [0.05, 0.1) is 18.8 Å². The minimum Gasteiger partial charge on any atom is -0.494 e. The van der Waals surface area contributed by atoms with Gasteiger partial charge in [-0.05, 0) is 61.7 Å². The number of nitrogens with zero attached hydrogens (tertiary/aromatic N) is 5. The second-order valence-corrected chi connectivity index (χ2v) is 8.93. The largest absolute Gasteiger partial charge is 0.494 e. The number of carbonyl (C=O) groups excluding carboxylic acids is 2. The van der Waals surface area contributed by atoms with Gasteiger partial charge >= 0.3 is 0 Å². The zero-order valence-corrected chi connectivity index (χ0v) is 20.1. The number of hydrogen-bond acceptors (Lipinski definition) is 8. The van der Waals surface area contributed by atoms with Gasteiger partial charge in [0.1, 0.15) is 17.2 Å². The van der Waals surface area contributed by atoms with Gasteiger partial charge in [-0.3, -0.25) is 14.6 Å². The quantitative estimate of drug-likeness (QED) is 0.463. The molecule has 2 amide bonds. The third kappa shape index (κ3) is 4.07. The lowest BCUT2D eigenvalue weighted by atomic mass is 10.0. The molecule has 180 valence electrons. The molecule has 35 heavy (non-hydrogen) atoms. The number of imide groups is 1. The van der Waals surface area contributed by atoms with E-state index in [0.29, 0.717) is 35.6 Å². The highest BCUT2D eigenvalue weighted by atomic mass is 16.5. The van der Waals surface area contributed by atoms with E-state index in [1.54, 1.807) is 12.1 Å². The smallest absolute Gasteiger partial charge is 0.263 e. The third-order valence-corrected chi connectivity index (χ3v) is 6.29. The monoisotopic (exact) mass is 473 g/mol. The normalized spacial score (nSPS) is 19.2. The van der Waals surface area contributed by atoms with Crippen molar-refractivity contribution in [3.05, 3.63) is 65.5 Å². The molecular formula is C26H27N5O4. The summed E-state index contributed by atoms with van der Waals surface area (Å²) >= 11 is 0. The topological polar surface area (TPSA) is 101 Å². The molecule has 1 aromatic heterocycles. The molecular weight excluding hydrogens is 446 g/mol. The lowest BCUT2D eigenvalue weighted by Crippen LogP contribution is -2.39. The molecule has 0 spiro atoms. The van der Waals surface area contributed by atoms with E-state index in [9.17, 15) is 9.59 Å². The fraction of sp³-hybridized carbons (Fsp3) is 0.346. The molecule has 5 rings (SSSR count). The fourth-order valence-corrected chi connectivity index (χ4v) is 4.33. The molecule has 3 heterocycles. The van der Waals surface area contributed by atoms with Crippen molar-refractivity contribution in [2.45, 2.75) is 52.2 Å². The Hall–Kier alpha value is -4.01. The number of ether oxygens (including phenoxy) is 1. The first-order valence-electron chi connectivity index (χ1n) is 11.7. The van der Waals surface area contributed by atoms with Crippen LogP contribution in [0.15, 0.2) is 63.3 Å². The number of anilines is 1. The maximum Gasteiger partial charge on any atom is 0.263 e. The van der Waals surface area contributed by atoms with Crippen LogP contribution >= 0.6 is 0 Å². The van der Waals surface area contributed by atoms with Crippen LogP contribution in [0.3, 0.4) is 0 Å². The molecule has 1 saturated heterocycles. The second-order valence-electron chi connectivity index (χ2n) is 8.93. The van der Waals surface area contributed by atoms with Gasteiger partial charge in [-0.15, -0.1) is 0 Å². The number of fused-ring (bicyclic) bond motifs is 1. The van der Waals surface area contributed by atoms with E-state index in [2.05, 4.69) is 29.2 Å². The van der Waals surface area contributed by atoms with Gasteiger partial charge in [0.2, 0.25) is 5.89 Å². The number of hydrogen-bond donors (Lipinski definition) is 0. The molecule has 2 aliphatic heterocycles. The molecule has 0 aliphatic carbocycles. The van der Waals surface area contributed by atoms with Gasteiger partial charge in [0.15, 0.2) is 12.1 Å². The molecule has 0 N–H and O–H groups in total. The zero-order valence-electron chi connectivity index (χ0n) is 20.1. The van der Waals surface area contributed by atoms with E-state index in [0.717, 1.165) is 16.9 Å². The van der Waals surface area contributed by atoms with E-state index < -0.39 is 12.1 Å². The maximum atomic E-state index is 13.3. The van der Waals surface area contributed by atoms with Gasteiger partial charge in [0.25, 0.3) is 11.8 Å². The molecule has 9 nitrogen and oxygen atoms in total. The molecule has 2 atom stereocenters. The van der Waals surface area contributed by atoms with Crippen molar-refractivity contribution < 1.29 is 18.7 Å². The van der Waals surface area contributed by atoms with Crippen molar-refractivity contribution >= 4 is 17.5 Å². The Morgan fingerprint density at radius 3 is 2.40 bits per heavy atom. The number of carbonyl (C=O) groups is 2. The van der Waals surface area contributed by atoms with Crippen LogP contribution < -0.4 is 9.64 Å². The predicted molar refractivity (Wildman–Crippen MR) is 129 cm³/mol. The highest BCUT2D eigenvalue weighted by Gasteiger charge is 2.54. The van der Waals surface area contributed by atoms with Crippen LogP contribution in [0.4, 0.5) is 5.69 Å². The number of oxazole rings is 1. The van der Waals surface area contributed by atoms with Crippen molar-refractivity contribution in [3.8, 4) is 17.2 Å². The van der Waals surface area contributed by atoms with E-state index in [1.807, 2.05) is 50.2 Å². The summed E-state index contributed by atoms with van der Waals surface area (Å²) in [6.45, 7) is 8.73. The van der Waals surface area contributed by atoms with E-state index in [-0.39, 0.29) is 18.4 Å². The first kappa shape index (κ1) is 22.8. The summed E-state index contributed by atoms with van der Waals surface area (Å²) in [5.41, 5.74) is 3.13. The van der Waals surface area contributed by atoms with Crippen molar-refractivity contribution in [2.75, 3.05) is 11.5 Å². The molecule has 2 aromatic carbocycles. The summed E-state index contributed by atoms with van der Waals surface area (Å²) in [7, 11) is 0. The van der Waals surface area contributed by atoms with Crippen LogP contribution in [0.25, 0.3) is 11.5 Å². The van der Waals surface area contributed by atoms with Crippen LogP contribution in [0.2, 0.25) is 0 Å². The summed E-state index contributed by atoms with van der Waals surface area (Å²) in [4.78, 5) is 32.2. The fourth-order valence-electron chi connectivity index (χ4n) is 4.33. The standard InChI is InChI=1S/C26H27N5O4/c1-5-34-20-12-8-18(9-13-20)24-27-21(16(4)35-24)14-30-23-22(28-29-30)25(32)31(26(23)33)19-10-6-17(7-11-19)15(2)3/h6-13,15,22-23H,5,14H2,1-4H3/t22-,23-/m0/s1. The molecule has 0 radical (unpaired) electrons. The Morgan fingerprint density at radius 2 is 1.74 bits per heavy atom. The average molecular weight is 474 g/mol. The van der Waals surface area contributed by atoms with Gasteiger partial charge in [-0.25, -0.2) is 9.88 Å². The predicted octanol–water partition coefficient (Wildman–Crippen LogP) is 4.67. The summed E-state index contributed by atoms with van der Waals surface area (Å²) in [6.07, 6.45) is 0. The Balaban J connectivity index is 1.34. The molecule has 3 aromatic rings. The highest BCUT2D eigenvalue weighted by molar-refractivity contribution is 6.25. The molecule has 2 aliphatic rings. The third-order valence-electron chi connectivity index (χ3n) is 6.29. The van der Waals surface area contributed by atoms with Crippen LogP contribution in [-0.2, 0) is 16.1 Å². The van der Waals surface area contributed by atoms with Crippen LogP contribution in [0.5, 0.6) is 5.75 Å². The van der Waals surface area contributed by atoms with Crippen LogP contribution in [0, 0.1) is 6.92 Å². The van der Waals surface area contributed by atoms with Crippen molar-refractivity contribution in [1.29, 1.82) is 0 Å². The molecule has 0 saturated carbocycles. The van der Waals surface area contributed by atoms with E-state index in [1.165, 1.54) is 9.91 Å². The van der Waals surface area contributed by atoms with Gasteiger partial charge in [-0.1, -0.05) is 31.2 Å². The first-order chi connectivity index (χ1) is 16.9. The molecule has 1 fully saturated rings. The summed E-state index contributed by atoms with van der Waals surface area (Å²) in [6, 6.07) is 13.3. The Kier molecular flexibility index (Phi) is 5.84. The van der Waals surface area contributed by atoms with E-state index in [4.69, 9.17) is 9.15 Å². The van der Waals surface area contributed by atoms with Gasteiger partial charge in [0, 0.05) is 5.56 Å². The maximum absolute atomic E-state index is 13.3. The number of rotatable bonds is 7. The first-order valence-corrected chi connectivity index (χ1v) is 11.7. The lowest BCUT2D eigenvalue weighted by Gasteiger charge is -2.20. The van der Waals surface area contributed by atoms with Crippen LogP contribution in [-0.4, -0.2) is 40.5 Å². The Morgan fingerprint density at radius 1 is 1.03 bits per heavy atom. The zero-order chi connectivity index (χ0) is 24.7. The summed E-state index contributed by atoms with van der Waals surface area (Å²) < 4.78 is 11.4. The molecule has 0 bridgehead atoms. The number of aryl methyl sites for hydroxylation is 1. The highest BCUT2D eigenvalue weighted by Crippen LogP contribution is 2.34. The summed E-state index contributed by atoms with van der Waals surface area (Å²) in [5, 5.41) is 9.77. The van der Waals surface area contributed by atoms with Crippen molar-refractivity contribution in [2.24, 2.45) is 10.3 Å². The lowest BCUT2D eigenvalue weighted by molar-refractivity contribution is -0.123. The minimum atomic E-state index is -0.856. The SMILES string of the molecule is CCOc1ccc(-c2nc(CN3N=N[C@@H]4C(=O)N(c5ccc(C(C)C)cc5)C(=O)[C@H]43)c(C)o2)cc1. The minimum absolute atomic E-state index is 0.205. The molecule has 9 heteroatoms. The average Bonchev–Trinajstić information content (AvgIpc) is 3.50. The number of benzene rings is 2. The van der Waals surface area contributed by atoms with E-state index >= 15 is 0 Å². The Labute approximate surface area is 203 Å². The Bertz CT molecular complexity index is 1280. The number of amides is 2. The summed E-state index contributed by atoms with van der Waals surface area (Å²) in [5.74, 6) is 1.51. The van der Waals surface area contributed by atoms with Crippen molar-refractivity contribution in [1.82, 2.24) is 9.99 Å². The van der Waals surface area contributed by atoms with Crippen molar-refractivity contribution in [3.63, 3.8) is 0 Å². The molecule has 0 unspecified atom stereocenters. The second kappa shape index (κ2) is 8.98. The van der Waals surface area contributed by atoms with Gasteiger partial charge in [-0.2, -0.15) is 5.11 Å². The van der Waals surface area contributed by atoms with Gasteiger partial charge < -0.3 is 9.15 Å². The van der Waals surface area contributed by atoms with Crippen LogP contribution in [0.1, 0.15) is 43.7 Å². The number of aromatic nitrogens is 1.